The van der Waals surface area contributed by atoms with Crippen molar-refractivity contribution in [2.45, 2.75) is 48.1 Å². The number of anilines is 1. The van der Waals surface area contributed by atoms with Gasteiger partial charge in [-0.05, 0) is 17.8 Å². The fraction of sp³-hybridized carbons (Fsp3) is 0.304. The minimum absolute atomic E-state index is 0.767. The number of para-hydroxylation sites is 1. The van der Waals surface area contributed by atoms with Crippen LogP contribution < -0.4 is 4.90 Å². The summed E-state index contributed by atoms with van der Waals surface area (Å²) in [5.41, 5.74) is 6.27. The van der Waals surface area contributed by atoms with Crippen molar-refractivity contribution in [3.63, 3.8) is 0 Å². The summed E-state index contributed by atoms with van der Waals surface area (Å²) in [5.74, 6) is 0. The van der Waals surface area contributed by atoms with E-state index in [1.165, 1.54) is 5.56 Å². The molecular weight excluding hydrogens is 332 g/mol. The van der Waals surface area contributed by atoms with E-state index in [1.54, 1.807) is 0 Å². The number of aromatic amines is 1. The molecule has 0 saturated carbocycles. The van der Waals surface area contributed by atoms with E-state index in [1.807, 2.05) is 72.0 Å². The van der Waals surface area contributed by atoms with Crippen LogP contribution in [0, 0.1) is 0 Å². The fourth-order valence-corrected chi connectivity index (χ4v) is 2.85. The zero-order chi connectivity index (χ0) is 20.2. The Kier molecular flexibility index (Phi) is 9.59. The molecule has 144 valence electrons. The third-order valence-corrected chi connectivity index (χ3v) is 3.85. The van der Waals surface area contributed by atoms with Crippen LogP contribution >= 0.6 is 0 Å². The first-order valence-corrected chi connectivity index (χ1v) is 9.86. The number of nitrogens with one attached hydrogen (secondary N) is 1. The highest BCUT2D eigenvalue weighted by atomic mass is 15.3. The lowest BCUT2D eigenvalue weighted by atomic mass is 9.96. The van der Waals surface area contributed by atoms with Gasteiger partial charge in [0.1, 0.15) is 11.4 Å². The van der Waals surface area contributed by atoms with Crippen molar-refractivity contribution in [3.8, 4) is 22.5 Å². The summed E-state index contributed by atoms with van der Waals surface area (Å²) in [6, 6.07) is 16.5. The first-order valence-electron chi connectivity index (χ1n) is 9.86. The molecule has 1 aliphatic heterocycles. The van der Waals surface area contributed by atoms with Gasteiger partial charge in [0.05, 0.1) is 5.69 Å². The van der Waals surface area contributed by atoms with Crippen LogP contribution in [0.15, 0.2) is 61.3 Å². The van der Waals surface area contributed by atoms with Gasteiger partial charge >= 0.3 is 0 Å². The summed E-state index contributed by atoms with van der Waals surface area (Å²) in [7, 11) is 0. The standard InChI is InChI=1S/C17H14N4.3C2H6/c1-2-21-11-12-7-3-4-8-13(12)16-17(19-20-18-16)14-9-5-6-10-15(14)21;3*1-2/h2-10H,1,11H2,(H,18,19,20);3*1-2H3. The lowest BCUT2D eigenvalue weighted by molar-refractivity contribution is 0.944. The molecule has 3 aromatic rings. The van der Waals surface area contributed by atoms with Gasteiger partial charge in [0.15, 0.2) is 0 Å². The Bertz CT molecular complexity index is 821. The monoisotopic (exact) mass is 364 g/mol. The average Bonchev–Trinajstić information content (AvgIpc) is 3.25. The zero-order valence-corrected chi connectivity index (χ0v) is 17.5. The Morgan fingerprint density at radius 1 is 0.815 bits per heavy atom. The van der Waals surface area contributed by atoms with E-state index >= 15 is 0 Å². The van der Waals surface area contributed by atoms with Crippen molar-refractivity contribution < 1.29 is 0 Å². The quantitative estimate of drug-likeness (QED) is 0.524. The molecule has 27 heavy (non-hydrogen) atoms. The molecule has 1 aromatic heterocycles. The fourth-order valence-electron chi connectivity index (χ4n) is 2.85. The molecule has 0 bridgehead atoms. The second-order valence-corrected chi connectivity index (χ2v) is 5.01. The maximum absolute atomic E-state index is 4.37. The molecule has 4 heteroatoms. The van der Waals surface area contributed by atoms with Crippen molar-refractivity contribution in [2.75, 3.05) is 4.90 Å². The summed E-state index contributed by atoms with van der Waals surface area (Å²) in [6.45, 7) is 16.7. The van der Waals surface area contributed by atoms with Crippen LogP contribution in [-0.2, 0) is 6.54 Å². The van der Waals surface area contributed by atoms with Crippen LogP contribution in [0.4, 0.5) is 5.69 Å². The maximum atomic E-state index is 4.37. The van der Waals surface area contributed by atoms with Gasteiger partial charge in [-0.3, -0.25) is 0 Å². The zero-order valence-electron chi connectivity index (χ0n) is 17.5. The summed E-state index contributed by atoms with van der Waals surface area (Å²) < 4.78 is 0. The number of hydrogen-bond acceptors (Lipinski definition) is 3. The smallest absolute Gasteiger partial charge is 0.122 e. The maximum Gasteiger partial charge on any atom is 0.122 e. The minimum atomic E-state index is 0.767. The number of benzene rings is 2. The van der Waals surface area contributed by atoms with Crippen LogP contribution in [-0.4, -0.2) is 15.4 Å². The van der Waals surface area contributed by atoms with Crippen LogP contribution in [0.3, 0.4) is 0 Å². The Morgan fingerprint density at radius 2 is 1.33 bits per heavy atom. The third-order valence-electron chi connectivity index (χ3n) is 3.85. The molecule has 0 amide bonds. The van der Waals surface area contributed by atoms with E-state index in [0.29, 0.717) is 0 Å². The largest absolute Gasteiger partial charge is 0.344 e. The number of aromatic nitrogens is 3. The van der Waals surface area contributed by atoms with E-state index in [0.717, 1.165) is 34.7 Å². The van der Waals surface area contributed by atoms with Gasteiger partial charge in [-0.1, -0.05) is 90.6 Å². The van der Waals surface area contributed by atoms with Crippen LogP contribution in [0.25, 0.3) is 22.5 Å². The molecule has 0 spiro atoms. The van der Waals surface area contributed by atoms with E-state index in [4.69, 9.17) is 0 Å². The van der Waals surface area contributed by atoms with Gasteiger partial charge < -0.3 is 4.90 Å². The highest BCUT2D eigenvalue weighted by molar-refractivity contribution is 5.87. The number of hydrogen-bond donors (Lipinski definition) is 1. The summed E-state index contributed by atoms with van der Waals surface area (Å²) in [6.07, 6.45) is 1.86. The normalized spacial score (nSPS) is 10.5. The Balaban J connectivity index is 0.000000556. The first kappa shape index (κ1) is 22.2. The van der Waals surface area contributed by atoms with Crippen molar-refractivity contribution in [1.29, 1.82) is 0 Å². The molecule has 4 rings (SSSR count). The highest BCUT2D eigenvalue weighted by Crippen LogP contribution is 2.39. The van der Waals surface area contributed by atoms with Gasteiger partial charge in [-0.25, -0.2) is 0 Å². The number of H-pyrrole nitrogens is 1. The molecular formula is C23H32N4. The van der Waals surface area contributed by atoms with E-state index in [-0.39, 0.29) is 0 Å². The summed E-state index contributed by atoms with van der Waals surface area (Å²) >= 11 is 0. The molecule has 2 heterocycles. The first-order chi connectivity index (χ1) is 13.4. The SMILES string of the molecule is C=CN1Cc2ccccc2-c2n[nH]nc2-c2ccccc21.CC.CC.CC. The Labute approximate surface area is 163 Å². The molecule has 0 unspecified atom stereocenters. The lowest BCUT2D eigenvalue weighted by Gasteiger charge is -2.26. The van der Waals surface area contributed by atoms with Crippen molar-refractivity contribution in [1.82, 2.24) is 15.4 Å². The van der Waals surface area contributed by atoms with Crippen molar-refractivity contribution in [2.24, 2.45) is 0 Å². The van der Waals surface area contributed by atoms with E-state index in [2.05, 4.69) is 51.2 Å². The summed E-state index contributed by atoms with van der Waals surface area (Å²) in [5, 5.41) is 11.5. The van der Waals surface area contributed by atoms with Gasteiger partial charge in [-0.2, -0.15) is 15.4 Å². The van der Waals surface area contributed by atoms with Crippen LogP contribution in [0.2, 0.25) is 0 Å². The molecule has 0 fully saturated rings. The molecule has 1 N–H and O–H groups in total. The van der Waals surface area contributed by atoms with Crippen LogP contribution in [0.1, 0.15) is 47.1 Å². The average molecular weight is 365 g/mol. The van der Waals surface area contributed by atoms with E-state index in [9.17, 15) is 0 Å². The predicted molar refractivity (Wildman–Crippen MR) is 118 cm³/mol. The number of rotatable bonds is 1. The number of nitrogens with zero attached hydrogens (tertiary/aromatic N) is 3. The van der Waals surface area contributed by atoms with Gasteiger partial charge in [0.2, 0.25) is 0 Å². The molecule has 0 aliphatic carbocycles. The molecule has 1 aliphatic rings. The topological polar surface area (TPSA) is 44.8 Å². The van der Waals surface area contributed by atoms with Crippen LogP contribution in [0.5, 0.6) is 0 Å². The highest BCUT2D eigenvalue weighted by Gasteiger charge is 2.23. The lowest BCUT2D eigenvalue weighted by Crippen LogP contribution is -2.17. The molecule has 0 atom stereocenters. The van der Waals surface area contributed by atoms with Gasteiger partial charge in [0.25, 0.3) is 0 Å². The molecule has 2 aromatic carbocycles. The predicted octanol–water partition coefficient (Wildman–Crippen LogP) is 6.68. The Hall–Kier alpha value is -2.88. The van der Waals surface area contributed by atoms with Crippen molar-refractivity contribution >= 4 is 5.69 Å². The second kappa shape index (κ2) is 11.7. The summed E-state index contributed by atoms with van der Waals surface area (Å²) in [4.78, 5) is 2.14. The van der Waals surface area contributed by atoms with E-state index < -0.39 is 0 Å². The van der Waals surface area contributed by atoms with Gasteiger partial charge in [-0.15, -0.1) is 0 Å². The third kappa shape index (κ3) is 4.64. The molecule has 4 nitrogen and oxygen atoms in total. The molecule has 0 saturated heterocycles. The minimum Gasteiger partial charge on any atom is -0.344 e. The van der Waals surface area contributed by atoms with Crippen molar-refractivity contribution in [3.05, 3.63) is 66.9 Å². The number of fused-ring (bicyclic) bond motifs is 5. The van der Waals surface area contributed by atoms with Gasteiger partial charge in [0, 0.05) is 17.7 Å². The Morgan fingerprint density at radius 3 is 1.96 bits per heavy atom. The second-order valence-electron chi connectivity index (χ2n) is 5.01. The molecule has 0 radical (unpaired) electrons.